The van der Waals surface area contributed by atoms with E-state index in [1.54, 1.807) is 25.3 Å². The minimum atomic E-state index is -0.381. The molecule has 0 fully saturated rings. The molecule has 1 heterocycles. The van der Waals surface area contributed by atoms with E-state index >= 15 is 0 Å². The van der Waals surface area contributed by atoms with Gasteiger partial charge in [0.1, 0.15) is 5.75 Å². The second-order valence-corrected chi connectivity index (χ2v) is 3.76. The second kappa shape index (κ2) is 5.27. The average Bonchev–Trinajstić information content (AvgIpc) is 2.82. The van der Waals surface area contributed by atoms with E-state index in [0.29, 0.717) is 17.3 Å². The summed E-state index contributed by atoms with van der Waals surface area (Å²) >= 11 is 0. The summed E-state index contributed by atoms with van der Waals surface area (Å²) in [7, 11) is 1.56. The Morgan fingerprint density at radius 1 is 1.28 bits per heavy atom. The van der Waals surface area contributed by atoms with Gasteiger partial charge in [-0.15, -0.1) is 0 Å². The minimum Gasteiger partial charge on any atom is -0.495 e. The molecule has 2 N–H and O–H groups in total. The molecule has 0 radical (unpaired) electrons. The van der Waals surface area contributed by atoms with Gasteiger partial charge in [0.15, 0.2) is 0 Å². The summed E-state index contributed by atoms with van der Waals surface area (Å²) in [5, 5.41) is 5.27. The van der Waals surface area contributed by atoms with Crippen LogP contribution in [0.3, 0.4) is 0 Å². The molecule has 0 aliphatic rings. The first-order chi connectivity index (χ1) is 8.69. The lowest BCUT2D eigenvalue weighted by Gasteiger charge is -2.10. The highest BCUT2D eigenvalue weighted by molar-refractivity contribution is 5.99. The van der Waals surface area contributed by atoms with Gasteiger partial charge >= 0.3 is 6.03 Å². The number of nitrogens with one attached hydrogen (secondary N) is 2. The molecule has 5 nitrogen and oxygen atoms in total. The normalized spacial score (nSPS) is 9.89. The van der Waals surface area contributed by atoms with Crippen molar-refractivity contribution in [3.63, 3.8) is 0 Å². The number of rotatable bonds is 3. The third-order valence-corrected chi connectivity index (χ3v) is 2.36. The first-order valence-corrected chi connectivity index (χ1v) is 5.45. The van der Waals surface area contributed by atoms with Gasteiger partial charge in [0.05, 0.1) is 19.1 Å². The Bertz CT molecular complexity index is 535. The highest BCUT2D eigenvalue weighted by Gasteiger charge is 2.08. The number of carbonyl (C=O) groups is 1. The molecule has 0 saturated heterocycles. The Morgan fingerprint density at radius 2 is 2.11 bits per heavy atom. The van der Waals surface area contributed by atoms with Gasteiger partial charge in [-0.05, 0) is 30.7 Å². The standard InChI is InChI=1S/C13H14N2O3/c1-9-5-6-11(17-2)10(8-9)14-13(16)15-12-4-3-7-18-12/h3-8H,1-2H3,(H2,14,15,16). The molecule has 0 saturated carbocycles. The van der Waals surface area contributed by atoms with Gasteiger partial charge in [-0.3, -0.25) is 5.32 Å². The van der Waals surface area contributed by atoms with E-state index in [4.69, 9.17) is 9.15 Å². The minimum absolute atomic E-state index is 0.381. The number of hydrogen-bond donors (Lipinski definition) is 2. The number of methoxy groups -OCH3 is 1. The van der Waals surface area contributed by atoms with Crippen molar-refractivity contribution in [3.05, 3.63) is 42.2 Å². The topological polar surface area (TPSA) is 63.5 Å². The number of benzene rings is 1. The third-order valence-electron chi connectivity index (χ3n) is 2.36. The van der Waals surface area contributed by atoms with Gasteiger partial charge in [-0.1, -0.05) is 6.07 Å². The van der Waals surface area contributed by atoms with Crippen LogP contribution >= 0.6 is 0 Å². The monoisotopic (exact) mass is 246 g/mol. The van der Waals surface area contributed by atoms with Crippen LogP contribution in [0.5, 0.6) is 5.75 Å². The first-order valence-electron chi connectivity index (χ1n) is 5.45. The molecule has 0 aliphatic carbocycles. The fourth-order valence-corrected chi connectivity index (χ4v) is 1.53. The highest BCUT2D eigenvalue weighted by Crippen LogP contribution is 2.25. The largest absolute Gasteiger partial charge is 0.495 e. The molecule has 1 aromatic carbocycles. The number of hydrogen-bond acceptors (Lipinski definition) is 3. The zero-order chi connectivity index (χ0) is 13.0. The molecule has 2 amide bonds. The quantitative estimate of drug-likeness (QED) is 0.873. The second-order valence-electron chi connectivity index (χ2n) is 3.76. The number of amides is 2. The molecule has 0 aliphatic heterocycles. The van der Waals surface area contributed by atoms with Gasteiger partial charge < -0.3 is 14.5 Å². The first kappa shape index (κ1) is 12.0. The number of ether oxygens (including phenoxy) is 1. The van der Waals surface area contributed by atoms with Crippen LogP contribution in [-0.4, -0.2) is 13.1 Å². The molecule has 18 heavy (non-hydrogen) atoms. The van der Waals surface area contributed by atoms with Gasteiger partial charge in [0.25, 0.3) is 0 Å². The van der Waals surface area contributed by atoms with E-state index in [2.05, 4.69) is 10.6 Å². The number of urea groups is 1. The number of anilines is 2. The summed E-state index contributed by atoms with van der Waals surface area (Å²) in [5.41, 5.74) is 1.64. The van der Waals surface area contributed by atoms with Crippen molar-refractivity contribution in [2.75, 3.05) is 17.7 Å². The maximum absolute atomic E-state index is 11.7. The summed E-state index contributed by atoms with van der Waals surface area (Å²) in [5.74, 6) is 0.995. The van der Waals surface area contributed by atoms with Crippen molar-refractivity contribution >= 4 is 17.6 Å². The highest BCUT2D eigenvalue weighted by atomic mass is 16.5. The van der Waals surface area contributed by atoms with Crippen molar-refractivity contribution in [2.24, 2.45) is 0 Å². The van der Waals surface area contributed by atoms with Crippen molar-refractivity contribution in [1.29, 1.82) is 0 Å². The summed E-state index contributed by atoms with van der Waals surface area (Å²) in [6, 6.07) is 8.52. The van der Waals surface area contributed by atoms with E-state index in [1.807, 2.05) is 19.1 Å². The maximum Gasteiger partial charge on any atom is 0.326 e. The molecule has 94 valence electrons. The van der Waals surface area contributed by atoms with Gasteiger partial charge in [0.2, 0.25) is 5.88 Å². The SMILES string of the molecule is COc1ccc(C)cc1NC(=O)Nc1ccco1. The zero-order valence-corrected chi connectivity index (χ0v) is 10.2. The predicted molar refractivity (Wildman–Crippen MR) is 69.1 cm³/mol. The fourth-order valence-electron chi connectivity index (χ4n) is 1.53. The number of carbonyl (C=O) groups excluding carboxylic acids is 1. The lowest BCUT2D eigenvalue weighted by atomic mass is 10.2. The molecule has 1 aromatic heterocycles. The van der Waals surface area contributed by atoms with Crippen molar-refractivity contribution < 1.29 is 13.9 Å². The van der Waals surface area contributed by atoms with Crippen LogP contribution in [0.2, 0.25) is 0 Å². The lowest BCUT2D eigenvalue weighted by molar-refractivity contribution is 0.261. The van der Waals surface area contributed by atoms with E-state index in [9.17, 15) is 4.79 Å². The van der Waals surface area contributed by atoms with Crippen molar-refractivity contribution in [2.45, 2.75) is 6.92 Å². The Labute approximate surface area is 105 Å². The molecule has 2 rings (SSSR count). The summed E-state index contributed by atoms with van der Waals surface area (Å²) in [6.07, 6.45) is 1.49. The van der Waals surface area contributed by atoms with Crippen LogP contribution in [0.15, 0.2) is 41.0 Å². The Hall–Kier alpha value is -2.43. The van der Waals surface area contributed by atoms with Gasteiger partial charge in [0, 0.05) is 6.07 Å². The van der Waals surface area contributed by atoms with Crippen LogP contribution < -0.4 is 15.4 Å². The van der Waals surface area contributed by atoms with Crippen molar-refractivity contribution in [1.82, 2.24) is 0 Å². The maximum atomic E-state index is 11.7. The predicted octanol–water partition coefficient (Wildman–Crippen LogP) is 3.24. The Morgan fingerprint density at radius 3 is 2.78 bits per heavy atom. The van der Waals surface area contributed by atoms with E-state index < -0.39 is 0 Å². The van der Waals surface area contributed by atoms with Gasteiger partial charge in [-0.25, -0.2) is 4.79 Å². The summed E-state index contributed by atoms with van der Waals surface area (Å²) in [4.78, 5) is 11.7. The number of aryl methyl sites for hydroxylation is 1. The molecule has 2 aromatic rings. The van der Waals surface area contributed by atoms with E-state index in [1.165, 1.54) is 6.26 Å². The summed E-state index contributed by atoms with van der Waals surface area (Å²) in [6.45, 7) is 1.94. The molecular formula is C13H14N2O3. The smallest absolute Gasteiger partial charge is 0.326 e. The third kappa shape index (κ3) is 2.82. The molecule has 0 unspecified atom stereocenters. The fraction of sp³-hybridized carbons (Fsp3) is 0.154. The lowest BCUT2D eigenvalue weighted by Crippen LogP contribution is -2.19. The van der Waals surface area contributed by atoms with E-state index in [-0.39, 0.29) is 6.03 Å². The Balaban J connectivity index is 2.08. The van der Waals surface area contributed by atoms with Crippen LogP contribution in [0.25, 0.3) is 0 Å². The zero-order valence-electron chi connectivity index (χ0n) is 10.2. The molecule has 0 bridgehead atoms. The number of furan rings is 1. The van der Waals surface area contributed by atoms with Gasteiger partial charge in [-0.2, -0.15) is 0 Å². The van der Waals surface area contributed by atoms with Crippen LogP contribution in [-0.2, 0) is 0 Å². The summed E-state index contributed by atoms with van der Waals surface area (Å²) < 4.78 is 10.2. The molecule has 0 atom stereocenters. The molecular weight excluding hydrogens is 232 g/mol. The van der Waals surface area contributed by atoms with E-state index in [0.717, 1.165) is 5.56 Å². The van der Waals surface area contributed by atoms with Crippen LogP contribution in [0.1, 0.15) is 5.56 Å². The van der Waals surface area contributed by atoms with Crippen LogP contribution in [0, 0.1) is 6.92 Å². The van der Waals surface area contributed by atoms with Crippen LogP contribution in [0.4, 0.5) is 16.4 Å². The van der Waals surface area contributed by atoms with Crippen molar-refractivity contribution in [3.8, 4) is 5.75 Å². The Kier molecular flexibility index (Phi) is 3.52. The molecule has 5 heteroatoms. The molecule has 0 spiro atoms. The average molecular weight is 246 g/mol.